The lowest BCUT2D eigenvalue weighted by molar-refractivity contribution is -0.871. The van der Waals surface area contributed by atoms with Crippen molar-refractivity contribution in [3.05, 3.63) is 40.1 Å². The molecule has 0 amide bonds. The topological polar surface area (TPSA) is 61.6 Å². The van der Waals surface area contributed by atoms with E-state index >= 15 is 0 Å². The first kappa shape index (κ1) is 14.2. The van der Waals surface area contributed by atoms with Gasteiger partial charge in [-0.3, -0.25) is 9.59 Å². The van der Waals surface area contributed by atoms with E-state index in [9.17, 15) is 14.8 Å². The van der Waals surface area contributed by atoms with Gasteiger partial charge in [-0.05, 0) is 31.2 Å². The third-order valence-corrected chi connectivity index (χ3v) is 3.92. The Morgan fingerprint density at radius 1 is 1.32 bits per heavy atom. The summed E-state index contributed by atoms with van der Waals surface area (Å²) in [6.45, 7) is 1.83. The highest BCUT2D eigenvalue weighted by atomic mass is 35.5. The molecule has 1 heterocycles. The molecule has 19 heavy (non-hydrogen) atoms. The highest BCUT2D eigenvalue weighted by molar-refractivity contribution is 6.30. The lowest BCUT2D eigenvalue weighted by Crippen LogP contribution is -3.13. The van der Waals surface area contributed by atoms with Gasteiger partial charge in [0.25, 0.3) is 0 Å². The Morgan fingerprint density at radius 3 is 2.53 bits per heavy atom. The van der Waals surface area contributed by atoms with Crippen LogP contribution in [0.25, 0.3) is 0 Å². The molecule has 0 bridgehead atoms. The van der Waals surface area contributed by atoms with Crippen LogP contribution in [0.4, 0.5) is 0 Å². The SMILES string of the molecule is CC(=O)C1CC[NH+]([O-])C(C(=O)c2ccc(Cl)cc2)C1. The van der Waals surface area contributed by atoms with Gasteiger partial charge in [-0.15, -0.1) is 0 Å². The van der Waals surface area contributed by atoms with E-state index in [4.69, 9.17) is 11.6 Å². The molecule has 0 aliphatic carbocycles. The van der Waals surface area contributed by atoms with Crippen molar-refractivity contribution in [1.29, 1.82) is 0 Å². The Hall–Kier alpha value is -1.23. The highest BCUT2D eigenvalue weighted by Gasteiger charge is 2.35. The van der Waals surface area contributed by atoms with Gasteiger partial charge in [0.15, 0.2) is 6.04 Å². The maximum atomic E-state index is 12.3. The molecular formula is C14H16ClNO3. The van der Waals surface area contributed by atoms with Gasteiger partial charge in [0.1, 0.15) is 5.78 Å². The zero-order valence-corrected chi connectivity index (χ0v) is 11.4. The van der Waals surface area contributed by atoms with Crippen molar-refractivity contribution in [2.24, 2.45) is 5.92 Å². The monoisotopic (exact) mass is 281 g/mol. The van der Waals surface area contributed by atoms with Gasteiger partial charge in [0.05, 0.1) is 6.54 Å². The maximum Gasteiger partial charge on any atom is 0.220 e. The number of piperidine rings is 1. The third-order valence-electron chi connectivity index (χ3n) is 3.67. The minimum atomic E-state index is -0.677. The molecule has 1 fully saturated rings. The summed E-state index contributed by atoms with van der Waals surface area (Å²) in [5.74, 6) is -0.312. The molecule has 2 rings (SSSR count). The Bertz CT molecular complexity index is 486. The summed E-state index contributed by atoms with van der Waals surface area (Å²) in [5, 5.41) is 12.4. The lowest BCUT2D eigenvalue weighted by Gasteiger charge is -2.37. The Labute approximate surface area is 116 Å². The molecule has 3 unspecified atom stereocenters. The molecule has 5 heteroatoms. The van der Waals surface area contributed by atoms with Crippen molar-refractivity contribution in [2.75, 3.05) is 6.54 Å². The quantitative estimate of drug-likeness (QED) is 0.670. The fourth-order valence-electron chi connectivity index (χ4n) is 2.46. The Balaban J connectivity index is 2.16. The summed E-state index contributed by atoms with van der Waals surface area (Å²) in [4.78, 5) is 23.7. The first-order valence-corrected chi connectivity index (χ1v) is 6.70. The number of carbonyl (C=O) groups is 2. The van der Waals surface area contributed by atoms with E-state index in [2.05, 4.69) is 0 Å². The number of rotatable bonds is 3. The molecular weight excluding hydrogens is 266 g/mol. The molecule has 1 N–H and O–H groups in total. The summed E-state index contributed by atoms with van der Waals surface area (Å²) in [5.41, 5.74) is 0.479. The van der Waals surface area contributed by atoms with Crippen LogP contribution in [0.15, 0.2) is 24.3 Å². The minimum absolute atomic E-state index is 0.0569. The molecule has 4 nitrogen and oxygen atoms in total. The van der Waals surface area contributed by atoms with Gasteiger partial charge in [0.2, 0.25) is 5.78 Å². The highest BCUT2D eigenvalue weighted by Crippen LogP contribution is 2.18. The molecule has 1 aromatic carbocycles. The van der Waals surface area contributed by atoms with E-state index in [1.165, 1.54) is 6.92 Å². The number of Topliss-reactive ketones (excluding diaryl/α,β-unsaturated/α-hetero) is 2. The smallest absolute Gasteiger partial charge is 0.220 e. The zero-order chi connectivity index (χ0) is 14.0. The average molecular weight is 282 g/mol. The Kier molecular flexibility index (Phi) is 4.34. The van der Waals surface area contributed by atoms with Crippen LogP contribution in [-0.4, -0.2) is 24.2 Å². The van der Waals surface area contributed by atoms with Gasteiger partial charge in [-0.1, -0.05) is 11.6 Å². The van der Waals surface area contributed by atoms with Gasteiger partial charge in [-0.25, -0.2) is 0 Å². The molecule has 1 aliphatic heterocycles. The average Bonchev–Trinajstić information content (AvgIpc) is 2.39. The van der Waals surface area contributed by atoms with Crippen molar-refractivity contribution < 1.29 is 14.7 Å². The number of carbonyl (C=O) groups excluding carboxylic acids is 2. The molecule has 0 saturated carbocycles. The van der Waals surface area contributed by atoms with Crippen LogP contribution in [0.1, 0.15) is 30.1 Å². The summed E-state index contributed by atoms with van der Waals surface area (Å²) in [7, 11) is 0. The van der Waals surface area contributed by atoms with Crippen LogP contribution in [0, 0.1) is 11.1 Å². The first-order valence-electron chi connectivity index (χ1n) is 6.32. The van der Waals surface area contributed by atoms with Crippen LogP contribution in [0.5, 0.6) is 0 Å². The molecule has 0 radical (unpaired) electrons. The van der Waals surface area contributed by atoms with Gasteiger partial charge in [-0.2, -0.15) is 0 Å². The molecule has 0 spiro atoms. The summed E-state index contributed by atoms with van der Waals surface area (Å²) in [6, 6.07) is 5.82. The number of hydroxylamine groups is 2. The molecule has 1 aliphatic rings. The van der Waals surface area contributed by atoms with E-state index in [1.54, 1.807) is 24.3 Å². The first-order chi connectivity index (χ1) is 8.99. The fourth-order valence-corrected chi connectivity index (χ4v) is 2.59. The second-order valence-corrected chi connectivity index (χ2v) is 5.41. The molecule has 102 valence electrons. The number of halogens is 1. The standard InChI is InChI=1S/C14H16ClNO3/c1-9(17)11-6-7-16(19)13(8-11)14(18)10-2-4-12(15)5-3-10/h2-5,11,13,16H,6-8H2,1H3. The molecule has 1 aromatic rings. The van der Waals surface area contributed by atoms with E-state index in [0.29, 0.717) is 30.0 Å². The third kappa shape index (κ3) is 3.21. The lowest BCUT2D eigenvalue weighted by atomic mass is 9.86. The molecule has 3 atom stereocenters. The van der Waals surface area contributed by atoms with Crippen molar-refractivity contribution in [2.45, 2.75) is 25.8 Å². The van der Waals surface area contributed by atoms with Crippen molar-refractivity contribution in [3.63, 3.8) is 0 Å². The van der Waals surface area contributed by atoms with Crippen molar-refractivity contribution in [1.82, 2.24) is 0 Å². The predicted octanol–water partition coefficient (Wildman–Crippen LogP) is 1.27. The largest absolute Gasteiger partial charge is 0.634 e. The number of ketones is 2. The van der Waals surface area contributed by atoms with E-state index in [1.807, 2.05) is 0 Å². The van der Waals surface area contributed by atoms with Crippen LogP contribution >= 0.6 is 11.6 Å². The molecule has 0 aromatic heterocycles. The van der Waals surface area contributed by atoms with E-state index in [0.717, 1.165) is 0 Å². The number of hydrogen-bond donors (Lipinski definition) is 1. The van der Waals surface area contributed by atoms with Gasteiger partial charge >= 0.3 is 0 Å². The number of hydrogen-bond acceptors (Lipinski definition) is 3. The van der Waals surface area contributed by atoms with Crippen LogP contribution in [0.3, 0.4) is 0 Å². The number of benzene rings is 1. The zero-order valence-electron chi connectivity index (χ0n) is 10.7. The van der Waals surface area contributed by atoms with Crippen LogP contribution in [-0.2, 0) is 4.79 Å². The predicted molar refractivity (Wildman–Crippen MR) is 72.2 cm³/mol. The minimum Gasteiger partial charge on any atom is -0.634 e. The second kappa shape index (κ2) is 5.82. The maximum absolute atomic E-state index is 12.3. The second-order valence-electron chi connectivity index (χ2n) is 4.97. The normalized spacial score (nSPS) is 27.0. The summed E-state index contributed by atoms with van der Waals surface area (Å²) >= 11 is 5.77. The number of quaternary nitrogens is 1. The van der Waals surface area contributed by atoms with Gasteiger partial charge < -0.3 is 10.3 Å². The van der Waals surface area contributed by atoms with Crippen molar-refractivity contribution in [3.8, 4) is 0 Å². The number of nitrogens with one attached hydrogen (secondary N) is 1. The summed E-state index contributed by atoms with van der Waals surface area (Å²) in [6.07, 6.45) is 0.911. The summed E-state index contributed by atoms with van der Waals surface area (Å²) < 4.78 is 0. The van der Waals surface area contributed by atoms with Crippen LogP contribution in [0.2, 0.25) is 5.02 Å². The molecule has 1 saturated heterocycles. The van der Waals surface area contributed by atoms with E-state index in [-0.39, 0.29) is 22.5 Å². The van der Waals surface area contributed by atoms with Crippen LogP contribution < -0.4 is 5.06 Å². The van der Waals surface area contributed by atoms with Gasteiger partial charge in [0, 0.05) is 29.3 Å². The van der Waals surface area contributed by atoms with Crippen molar-refractivity contribution >= 4 is 23.2 Å². The van der Waals surface area contributed by atoms with E-state index < -0.39 is 6.04 Å². The Morgan fingerprint density at radius 2 is 1.95 bits per heavy atom. The fraction of sp³-hybridized carbons (Fsp3) is 0.429.